The molecule has 0 atom stereocenters. The van der Waals surface area contributed by atoms with Crippen LogP contribution < -0.4 is 15.6 Å². The van der Waals surface area contributed by atoms with E-state index in [1.54, 1.807) is 17.7 Å². The van der Waals surface area contributed by atoms with Crippen molar-refractivity contribution < 1.29 is 9.53 Å². The first-order valence-electron chi connectivity index (χ1n) is 10.2. The van der Waals surface area contributed by atoms with Crippen molar-refractivity contribution in [3.05, 3.63) is 112 Å². The molecule has 0 aliphatic carbocycles. The van der Waals surface area contributed by atoms with Crippen LogP contribution in [0, 0.1) is 0 Å². The number of methoxy groups -OCH3 is 1. The molecule has 31 heavy (non-hydrogen) atoms. The molecule has 0 fully saturated rings. The van der Waals surface area contributed by atoms with Crippen molar-refractivity contribution in [2.45, 2.75) is 13.0 Å². The van der Waals surface area contributed by atoms with Gasteiger partial charge in [0.1, 0.15) is 11.3 Å². The molecule has 0 radical (unpaired) electrons. The number of para-hydroxylation sites is 1. The first-order chi connectivity index (χ1) is 15.2. The van der Waals surface area contributed by atoms with Gasteiger partial charge in [0.05, 0.1) is 19.2 Å². The van der Waals surface area contributed by atoms with Crippen LogP contribution in [0.1, 0.15) is 21.5 Å². The number of hydrogen-bond donors (Lipinski definition) is 1. The maximum Gasteiger partial charge on any atom is 0.264 e. The van der Waals surface area contributed by atoms with Gasteiger partial charge in [-0.25, -0.2) is 0 Å². The van der Waals surface area contributed by atoms with Crippen molar-refractivity contribution in [2.75, 3.05) is 13.7 Å². The van der Waals surface area contributed by atoms with E-state index in [9.17, 15) is 9.59 Å². The standard InChI is InChI=1S/C26H24N2O3/c1-31-22-13-11-20(12-14-22)18-28-24-10-6-5-9-21(24)17-23(26(28)30)25(29)27-16-15-19-7-3-2-4-8-19/h2-14,17H,15-16,18H2,1H3,(H,27,29). The monoisotopic (exact) mass is 412 g/mol. The summed E-state index contributed by atoms with van der Waals surface area (Å²) in [6, 6.07) is 26.8. The number of ether oxygens (including phenoxy) is 1. The Morgan fingerprint density at radius 1 is 0.903 bits per heavy atom. The van der Waals surface area contributed by atoms with Crippen molar-refractivity contribution in [3.63, 3.8) is 0 Å². The van der Waals surface area contributed by atoms with Crippen molar-refractivity contribution >= 4 is 16.8 Å². The fourth-order valence-corrected chi connectivity index (χ4v) is 3.62. The molecule has 0 unspecified atom stereocenters. The highest BCUT2D eigenvalue weighted by Crippen LogP contribution is 2.17. The van der Waals surface area contributed by atoms with E-state index in [-0.39, 0.29) is 17.0 Å². The normalized spacial score (nSPS) is 10.7. The van der Waals surface area contributed by atoms with Gasteiger partial charge in [-0.15, -0.1) is 0 Å². The zero-order valence-electron chi connectivity index (χ0n) is 17.4. The van der Waals surface area contributed by atoms with Crippen LogP contribution in [0.3, 0.4) is 0 Å². The number of benzene rings is 3. The molecule has 0 bridgehead atoms. The van der Waals surface area contributed by atoms with Crippen LogP contribution in [0.15, 0.2) is 89.7 Å². The highest BCUT2D eigenvalue weighted by Gasteiger charge is 2.15. The Morgan fingerprint density at radius 2 is 1.61 bits per heavy atom. The zero-order chi connectivity index (χ0) is 21.6. The number of fused-ring (bicyclic) bond motifs is 1. The Hall–Kier alpha value is -3.86. The second-order valence-corrected chi connectivity index (χ2v) is 7.35. The van der Waals surface area contributed by atoms with E-state index in [4.69, 9.17) is 4.74 Å². The van der Waals surface area contributed by atoms with Crippen LogP contribution in [0.25, 0.3) is 10.9 Å². The number of pyridine rings is 1. The van der Waals surface area contributed by atoms with Crippen molar-refractivity contribution in [1.29, 1.82) is 0 Å². The maximum absolute atomic E-state index is 13.3. The summed E-state index contributed by atoms with van der Waals surface area (Å²) in [6.07, 6.45) is 0.709. The fourth-order valence-electron chi connectivity index (χ4n) is 3.62. The third-order valence-corrected chi connectivity index (χ3v) is 5.29. The Bertz CT molecular complexity index is 1250. The average Bonchev–Trinajstić information content (AvgIpc) is 2.81. The van der Waals surface area contributed by atoms with E-state index in [0.29, 0.717) is 19.5 Å². The number of nitrogens with zero attached hydrogens (tertiary/aromatic N) is 1. The SMILES string of the molecule is COc1ccc(Cn2c(=O)c(C(=O)NCCc3ccccc3)cc3ccccc32)cc1. The summed E-state index contributed by atoms with van der Waals surface area (Å²) in [6.45, 7) is 0.835. The zero-order valence-corrected chi connectivity index (χ0v) is 17.4. The summed E-state index contributed by atoms with van der Waals surface area (Å²) in [5.74, 6) is 0.405. The molecule has 1 heterocycles. The van der Waals surface area contributed by atoms with E-state index in [1.807, 2.05) is 78.9 Å². The van der Waals surface area contributed by atoms with Gasteiger partial charge in [-0.05, 0) is 47.2 Å². The predicted octanol–water partition coefficient (Wildman–Crippen LogP) is 4.03. The van der Waals surface area contributed by atoms with Gasteiger partial charge in [0, 0.05) is 6.54 Å². The van der Waals surface area contributed by atoms with Gasteiger partial charge in [0.25, 0.3) is 11.5 Å². The maximum atomic E-state index is 13.3. The van der Waals surface area contributed by atoms with Crippen LogP contribution in [-0.2, 0) is 13.0 Å². The largest absolute Gasteiger partial charge is 0.497 e. The molecule has 0 saturated carbocycles. The number of carbonyl (C=O) groups excluding carboxylic acids is 1. The molecule has 4 aromatic rings. The molecule has 0 aliphatic heterocycles. The quantitative estimate of drug-likeness (QED) is 0.499. The number of amides is 1. The van der Waals surface area contributed by atoms with Gasteiger partial charge < -0.3 is 14.6 Å². The molecule has 5 nitrogen and oxygen atoms in total. The van der Waals surface area contributed by atoms with Crippen molar-refractivity contribution in [2.24, 2.45) is 0 Å². The second-order valence-electron chi connectivity index (χ2n) is 7.35. The van der Waals surface area contributed by atoms with Crippen molar-refractivity contribution in [1.82, 2.24) is 9.88 Å². The molecular formula is C26H24N2O3. The summed E-state index contributed by atoms with van der Waals surface area (Å²) < 4.78 is 6.87. The molecule has 0 spiro atoms. The molecule has 5 heteroatoms. The molecule has 156 valence electrons. The first-order valence-corrected chi connectivity index (χ1v) is 10.2. The number of nitrogens with one attached hydrogen (secondary N) is 1. The van der Waals surface area contributed by atoms with E-state index in [1.165, 1.54) is 0 Å². The lowest BCUT2D eigenvalue weighted by atomic mass is 10.1. The van der Waals surface area contributed by atoms with Gasteiger partial charge in [0.2, 0.25) is 0 Å². The third kappa shape index (κ3) is 4.67. The summed E-state index contributed by atoms with van der Waals surface area (Å²) in [5, 5.41) is 3.74. The average molecular weight is 412 g/mol. The molecule has 3 aromatic carbocycles. The summed E-state index contributed by atoms with van der Waals surface area (Å²) in [5.41, 5.74) is 2.74. The van der Waals surface area contributed by atoms with E-state index in [2.05, 4.69) is 5.32 Å². The predicted molar refractivity (Wildman–Crippen MR) is 123 cm³/mol. The lowest BCUT2D eigenvalue weighted by Crippen LogP contribution is -2.34. The number of hydrogen-bond acceptors (Lipinski definition) is 3. The fraction of sp³-hybridized carbons (Fsp3) is 0.154. The van der Waals surface area contributed by atoms with Gasteiger partial charge in [0.15, 0.2) is 0 Å². The lowest BCUT2D eigenvalue weighted by molar-refractivity contribution is 0.0952. The summed E-state index contributed by atoms with van der Waals surface area (Å²) >= 11 is 0. The van der Waals surface area contributed by atoms with E-state index in [0.717, 1.165) is 27.8 Å². The Labute approximate surface area is 180 Å². The van der Waals surface area contributed by atoms with Crippen LogP contribution in [0.4, 0.5) is 0 Å². The Kier molecular flexibility index (Phi) is 6.13. The first kappa shape index (κ1) is 20.4. The molecule has 1 amide bonds. The molecule has 0 saturated heterocycles. The van der Waals surface area contributed by atoms with Crippen LogP contribution in [0.5, 0.6) is 5.75 Å². The molecule has 1 aromatic heterocycles. The smallest absolute Gasteiger partial charge is 0.264 e. The van der Waals surface area contributed by atoms with E-state index >= 15 is 0 Å². The minimum atomic E-state index is -0.352. The number of carbonyl (C=O) groups is 1. The lowest BCUT2D eigenvalue weighted by Gasteiger charge is -2.14. The highest BCUT2D eigenvalue weighted by molar-refractivity contribution is 5.97. The highest BCUT2D eigenvalue weighted by atomic mass is 16.5. The van der Waals surface area contributed by atoms with Crippen LogP contribution in [0.2, 0.25) is 0 Å². The summed E-state index contributed by atoms with van der Waals surface area (Å²) in [4.78, 5) is 26.1. The molecule has 1 N–H and O–H groups in total. The van der Waals surface area contributed by atoms with Crippen LogP contribution >= 0.6 is 0 Å². The summed E-state index contributed by atoms with van der Waals surface area (Å²) in [7, 11) is 1.62. The topological polar surface area (TPSA) is 60.3 Å². The van der Waals surface area contributed by atoms with Gasteiger partial charge in [-0.1, -0.05) is 60.7 Å². The van der Waals surface area contributed by atoms with E-state index < -0.39 is 0 Å². The Morgan fingerprint density at radius 3 is 2.35 bits per heavy atom. The molecular weight excluding hydrogens is 388 g/mol. The second kappa shape index (κ2) is 9.30. The minimum Gasteiger partial charge on any atom is -0.497 e. The van der Waals surface area contributed by atoms with Crippen molar-refractivity contribution in [3.8, 4) is 5.75 Å². The Balaban J connectivity index is 1.62. The van der Waals surface area contributed by atoms with Gasteiger partial charge >= 0.3 is 0 Å². The minimum absolute atomic E-state index is 0.153. The molecule has 0 aliphatic rings. The number of aromatic nitrogens is 1. The van der Waals surface area contributed by atoms with Gasteiger partial charge in [-0.3, -0.25) is 9.59 Å². The third-order valence-electron chi connectivity index (χ3n) is 5.29. The van der Waals surface area contributed by atoms with Gasteiger partial charge in [-0.2, -0.15) is 0 Å². The molecule has 4 rings (SSSR count). The van der Waals surface area contributed by atoms with Crippen LogP contribution in [-0.4, -0.2) is 24.1 Å². The number of rotatable bonds is 7.